The van der Waals surface area contributed by atoms with Crippen LogP contribution < -0.4 is 0 Å². The summed E-state index contributed by atoms with van der Waals surface area (Å²) < 4.78 is 0. The van der Waals surface area contributed by atoms with Crippen molar-refractivity contribution in [3.8, 4) is 124 Å². The van der Waals surface area contributed by atoms with Crippen LogP contribution in [0, 0.1) is 0 Å². The second kappa shape index (κ2) is 19.7. The van der Waals surface area contributed by atoms with Crippen LogP contribution in [0.15, 0.2) is 273 Å². The van der Waals surface area contributed by atoms with Crippen molar-refractivity contribution in [2.45, 2.75) is 0 Å². The molecule has 2 aromatic heterocycles. The molecule has 0 aliphatic rings. The maximum atomic E-state index is 5.25. The summed E-state index contributed by atoms with van der Waals surface area (Å²) >= 11 is 0. The number of hydrogen-bond donors (Lipinski definition) is 0. The highest BCUT2D eigenvalue weighted by Crippen LogP contribution is 2.35. The van der Waals surface area contributed by atoms with E-state index in [1.807, 2.05) is 24.3 Å². The highest BCUT2D eigenvalue weighted by Gasteiger charge is 2.16. The smallest absolute Gasteiger partial charge is 0.164 e. The summed E-state index contributed by atoms with van der Waals surface area (Å²) in [6.45, 7) is 0. The summed E-state index contributed by atoms with van der Waals surface area (Å²) in [6.07, 6.45) is 0. The van der Waals surface area contributed by atoms with Crippen LogP contribution >= 0.6 is 0 Å². The van der Waals surface area contributed by atoms with Gasteiger partial charge in [0.25, 0.3) is 0 Å². The maximum absolute atomic E-state index is 5.25. The van der Waals surface area contributed by atoms with Crippen molar-refractivity contribution >= 4 is 0 Å². The van der Waals surface area contributed by atoms with Gasteiger partial charge in [0.2, 0.25) is 0 Å². The third kappa shape index (κ3) is 9.38. The molecule has 12 rings (SSSR count). The first kappa shape index (κ1) is 43.6. The average molecular weight is 920 g/mol. The van der Waals surface area contributed by atoms with Gasteiger partial charge in [-0.25, -0.2) is 24.9 Å². The molecule has 0 amide bonds. The number of nitrogens with zero attached hydrogens (tertiary/aromatic N) is 5. The van der Waals surface area contributed by atoms with Gasteiger partial charge in [0, 0.05) is 33.4 Å². The van der Waals surface area contributed by atoms with Gasteiger partial charge in [-0.15, -0.1) is 0 Å². The molecule has 5 nitrogen and oxygen atoms in total. The van der Waals surface area contributed by atoms with Crippen molar-refractivity contribution in [3.05, 3.63) is 273 Å². The molecule has 0 spiro atoms. The predicted octanol–water partition coefficient (Wildman–Crippen LogP) is 17.0. The molecule has 0 aliphatic heterocycles. The Morgan fingerprint density at radius 1 is 0.139 bits per heavy atom. The van der Waals surface area contributed by atoms with Gasteiger partial charge in [-0.1, -0.05) is 255 Å². The summed E-state index contributed by atoms with van der Waals surface area (Å²) in [5, 5.41) is 0. The van der Waals surface area contributed by atoms with E-state index in [0.717, 1.165) is 94.8 Å². The fourth-order valence-corrected chi connectivity index (χ4v) is 9.12. The van der Waals surface area contributed by atoms with Crippen LogP contribution in [0.2, 0.25) is 0 Å². The Morgan fingerprint density at radius 3 is 0.750 bits per heavy atom. The Hall–Kier alpha value is -9.71. The molecule has 2 heterocycles. The third-order valence-corrected chi connectivity index (χ3v) is 13.0. The lowest BCUT2D eigenvalue weighted by atomic mass is 9.98. The lowest BCUT2D eigenvalue weighted by molar-refractivity contribution is 1.07. The number of hydrogen-bond acceptors (Lipinski definition) is 5. The number of aromatic nitrogens is 5. The summed E-state index contributed by atoms with van der Waals surface area (Å²) in [5.74, 6) is 2.46. The molecule has 338 valence electrons. The van der Waals surface area contributed by atoms with E-state index >= 15 is 0 Å². The molecular weight excluding hydrogens is 875 g/mol. The van der Waals surface area contributed by atoms with Gasteiger partial charge in [-0.2, -0.15) is 0 Å². The fraction of sp³-hybridized carbons (Fsp3) is 0. The third-order valence-electron chi connectivity index (χ3n) is 13.0. The van der Waals surface area contributed by atoms with Crippen molar-refractivity contribution in [1.82, 2.24) is 24.9 Å². The second-order valence-electron chi connectivity index (χ2n) is 17.7. The Bertz CT molecular complexity index is 3330. The highest BCUT2D eigenvalue weighted by molar-refractivity contribution is 5.80. The minimum atomic E-state index is 0.592. The van der Waals surface area contributed by atoms with E-state index in [-0.39, 0.29) is 0 Å². The van der Waals surface area contributed by atoms with E-state index in [0.29, 0.717) is 23.3 Å². The predicted molar refractivity (Wildman–Crippen MR) is 295 cm³/mol. The zero-order valence-corrected chi connectivity index (χ0v) is 39.2. The van der Waals surface area contributed by atoms with E-state index in [2.05, 4.69) is 249 Å². The summed E-state index contributed by atoms with van der Waals surface area (Å²) in [4.78, 5) is 25.8. The Labute approximate surface area is 419 Å². The molecule has 72 heavy (non-hydrogen) atoms. The second-order valence-corrected chi connectivity index (χ2v) is 17.7. The van der Waals surface area contributed by atoms with E-state index in [9.17, 15) is 0 Å². The molecule has 0 aliphatic carbocycles. The zero-order chi connectivity index (χ0) is 48.1. The first-order valence-electron chi connectivity index (χ1n) is 24.1. The van der Waals surface area contributed by atoms with Crippen LogP contribution in [-0.4, -0.2) is 24.9 Å². The minimum absolute atomic E-state index is 0.592. The van der Waals surface area contributed by atoms with Crippen LogP contribution in [0.5, 0.6) is 0 Å². The molecule has 12 aromatic rings. The Morgan fingerprint density at radius 2 is 0.375 bits per heavy atom. The minimum Gasteiger partial charge on any atom is -0.228 e. The lowest BCUT2D eigenvalue weighted by Crippen LogP contribution is -2.00. The normalized spacial score (nSPS) is 11.1. The van der Waals surface area contributed by atoms with Gasteiger partial charge in [0.05, 0.1) is 11.4 Å². The van der Waals surface area contributed by atoms with Gasteiger partial charge >= 0.3 is 0 Å². The van der Waals surface area contributed by atoms with Gasteiger partial charge in [0.15, 0.2) is 23.3 Å². The fourth-order valence-electron chi connectivity index (χ4n) is 9.12. The van der Waals surface area contributed by atoms with Crippen molar-refractivity contribution in [2.24, 2.45) is 0 Å². The Kier molecular flexibility index (Phi) is 11.9. The monoisotopic (exact) mass is 919 g/mol. The van der Waals surface area contributed by atoms with Crippen LogP contribution in [0.25, 0.3) is 124 Å². The first-order valence-corrected chi connectivity index (χ1v) is 24.1. The summed E-state index contributed by atoms with van der Waals surface area (Å²) in [7, 11) is 0. The molecule has 0 saturated heterocycles. The number of benzene rings is 10. The number of rotatable bonds is 11. The molecule has 0 N–H and O–H groups in total. The molecule has 10 aromatic carbocycles. The standard InChI is InChI=1S/C67H45N5/c1-5-15-46(16-6-1)50-27-35-54(36-28-50)62-45-63(69-64(68-62)55-37-29-51(30-38-55)47-17-7-2-8-18-47)60-25-13-23-58(43-60)59-24-14-26-61(44-59)67-71-65(56-39-31-52(32-40-56)48-19-9-3-10-20-48)70-66(72-67)57-41-33-53(34-42-57)49-21-11-4-12-22-49/h1-45H. The van der Waals surface area contributed by atoms with Crippen LogP contribution in [0.1, 0.15) is 0 Å². The van der Waals surface area contributed by atoms with E-state index in [1.54, 1.807) is 0 Å². The molecule has 0 radical (unpaired) electrons. The van der Waals surface area contributed by atoms with Crippen LogP contribution in [0.4, 0.5) is 0 Å². The van der Waals surface area contributed by atoms with Crippen LogP contribution in [0.3, 0.4) is 0 Å². The van der Waals surface area contributed by atoms with Crippen molar-refractivity contribution in [2.75, 3.05) is 0 Å². The molecule has 0 bridgehead atoms. The van der Waals surface area contributed by atoms with Crippen molar-refractivity contribution in [3.63, 3.8) is 0 Å². The van der Waals surface area contributed by atoms with Gasteiger partial charge in [-0.3, -0.25) is 0 Å². The molecule has 0 fully saturated rings. The van der Waals surface area contributed by atoms with Crippen molar-refractivity contribution in [1.29, 1.82) is 0 Å². The molecular formula is C67H45N5. The molecule has 5 heteroatoms. The highest BCUT2D eigenvalue weighted by atomic mass is 15.0. The van der Waals surface area contributed by atoms with E-state index in [1.165, 1.54) is 5.56 Å². The van der Waals surface area contributed by atoms with Crippen LogP contribution in [-0.2, 0) is 0 Å². The van der Waals surface area contributed by atoms with Gasteiger partial charge < -0.3 is 0 Å². The zero-order valence-electron chi connectivity index (χ0n) is 39.2. The summed E-state index contributed by atoms with van der Waals surface area (Å²) in [6, 6.07) is 94.8. The summed E-state index contributed by atoms with van der Waals surface area (Å²) in [5.41, 5.74) is 18.6. The van der Waals surface area contributed by atoms with E-state index in [4.69, 9.17) is 24.9 Å². The largest absolute Gasteiger partial charge is 0.228 e. The molecule has 0 atom stereocenters. The maximum Gasteiger partial charge on any atom is 0.164 e. The first-order chi connectivity index (χ1) is 35.6. The van der Waals surface area contributed by atoms with E-state index < -0.39 is 0 Å². The van der Waals surface area contributed by atoms with Gasteiger partial charge in [-0.05, 0) is 73.8 Å². The SMILES string of the molecule is c1ccc(-c2ccc(-c3cc(-c4cccc(-c5cccc(-c6nc(-c7ccc(-c8ccccc8)cc7)nc(-c7ccc(-c8ccccc8)cc7)n6)c5)c4)nc(-c4ccc(-c5ccccc5)cc4)n3)cc2)cc1. The Balaban J connectivity index is 0.913. The van der Waals surface area contributed by atoms with Gasteiger partial charge in [0.1, 0.15) is 0 Å². The lowest BCUT2D eigenvalue weighted by Gasteiger charge is -2.12. The molecule has 0 unspecified atom stereocenters. The van der Waals surface area contributed by atoms with Crippen molar-refractivity contribution < 1.29 is 0 Å². The topological polar surface area (TPSA) is 64.5 Å². The quantitative estimate of drug-likeness (QED) is 0.129. The average Bonchev–Trinajstić information content (AvgIpc) is 3.48. The molecule has 0 saturated carbocycles.